The number of sulfone groups is 1. The summed E-state index contributed by atoms with van der Waals surface area (Å²) in [5, 5.41) is 7.00. The Kier molecular flexibility index (Phi) is 8.98. The van der Waals surface area contributed by atoms with Gasteiger partial charge >= 0.3 is 0 Å². The average molecular weight is 485 g/mol. The smallest absolute Gasteiger partial charge is 0.191 e. The van der Waals surface area contributed by atoms with Crippen LogP contribution in [0.15, 0.2) is 4.99 Å². The maximum Gasteiger partial charge on any atom is 0.191 e. The summed E-state index contributed by atoms with van der Waals surface area (Å²) in [6.45, 7) is 10.5. The maximum absolute atomic E-state index is 11.6. The molecule has 1 aliphatic carbocycles. The molecule has 1 saturated carbocycles. The molecule has 0 aromatic heterocycles. The van der Waals surface area contributed by atoms with Gasteiger partial charge in [-0.3, -0.25) is 4.99 Å². The van der Waals surface area contributed by atoms with Crippen LogP contribution in [-0.2, 0) is 9.84 Å². The number of nitrogens with zero attached hydrogens (tertiary/aromatic N) is 1. The van der Waals surface area contributed by atoms with E-state index in [1.807, 2.05) is 0 Å². The third kappa shape index (κ3) is 8.45. The summed E-state index contributed by atoms with van der Waals surface area (Å²) < 4.78 is 23.2. The molecule has 0 spiro atoms. The summed E-state index contributed by atoms with van der Waals surface area (Å²) in [5.74, 6) is 2.23. The minimum Gasteiger partial charge on any atom is -0.356 e. The van der Waals surface area contributed by atoms with E-state index in [0.29, 0.717) is 35.4 Å². The quantitative estimate of drug-likeness (QED) is 0.357. The highest BCUT2D eigenvalue weighted by atomic mass is 127. The molecule has 0 aromatic carbocycles. The lowest BCUT2D eigenvalue weighted by molar-refractivity contribution is 0.210. The largest absolute Gasteiger partial charge is 0.356 e. The lowest BCUT2D eigenvalue weighted by Crippen LogP contribution is -2.47. The van der Waals surface area contributed by atoms with Gasteiger partial charge in [0.15, 0.2) is 15.8 Å². The number of nitrogens with one attached hydrogen (secondary N) is 2. The predicted octanol–water partition coefficient (Wildman–Crippen LogP) is 3.20. The Morgan fingerprint density at radius 3 is 2.56 bits per heavy atom. The van der Waals surface area contributed by atoms with Crippen molar-refractivity contribution in [1.82, 2.24) is 10.6 Å². The van der Waals surface area contributed by atoms with Crippen molar-refractivity contribution in [2.45, 2.75) is 65.8 Å². The Morgan fingerprint density at radius 2 is 2.00 bits per heavy atom. The fourth-order valence-corrected chi connectivity index (χ4v) is 5.58. The van der Waals surface area contributed by atoms with Gasteiger partial charge in [0, 0.05) is 19.1 Å². The fourth-order valence-electron chi connectivity index (χ4n) is 3.72. The van der Waals surface area contributed by atoms with Gasteiger partial charge in [-0.25, -0.2) is 8.42 Å². The molecular weight excluding hydrogens is 449 g/mol. The number of hydrogen-bond donors (Lipinski definition) is 2. The monoisotopic (exact) mass is 485 g/mol. The molecule has 1 heterocycles. The van der Waals surface area contributed by atoms with Crippen LogP contribution in [-0.4, -0.2) is 45.0 Å². The molecular formula is C18H36IN3O2S. The van der Waals surface area contributed by atoms with Crippen molar-refractivity contribution in [2.75, 3.05) is 24.6 Å². The standard InChI is InChI=1S/C18H35N3O2S.HI/c1-14(2)11-19-17(20-12-15-7-9-24(22,23)13-15)21-16-6-5-8-18(3,4)10-16;/h14-16H,5-13H2,1-4H3,(H2,19,20,21);1H. The van der Waals surface area contributed by atoms with Crippen LogP contribution >= 0.6 is 24.0 Å². The Bertz CT molecular complexity index is 547. The van der Waals surface area contributed by atoms with E-state index < -0.39 is 9.84 Å². The van der Waals surface area contributed by atoms with Crippen LogP contribution < -0.4 is 10.6 Å². The van der Waals surface area contributed by atoms with Crippen LogP contribution in [0.5, 0.6) is 0 Å². The highest BCUT2D eigenvalue weighted by molar-refractivity contribution is 14.0. The first-order valence-corrected chi connectivity index (χ1v) is 11.2. The molecule has 25 heavy (non-hydrogen) atoms. The average Bonchev–Trinajstić information content (AvgIpc) is 2.80. The van der Waals surface area contributed by atoms with Crippen LogP contribution in [0.3, 0.4) is 0 Å². The van der Waals surface area contributed by atoms with Crippen LogP contribution in [0.2, 0.25) is 0 Å². The minimum absolute atomic E-state index is 0. The first kappa shape index (κ1) is 23.0. The van der Waals surface area contributed by atoms with Crippen molar-refractivity contribution in [1.29, 1.82) is 0 Å². The number of guanidine groups is 1. The van der Waals surface area contributed by atoms with Crippen LogP contribution in [0.4, 0.5) is 0 Å². The van der Waals surface area contributed by atoms with E-state index in [1.165, 1.54) is 19.3 Å². The van der Waals surface area contributed by atoms with Crippen molar-refractivity contribution in [3.05, 3.63) is 0 Å². The van der Waals surface area contributed by atoms with Crippen molar-refractivity contribution in [2.24, 2.45) is 22.2 Å². The van der Waals surface area contributed by atoms with E-state index >= 15 is 0 Å². The van der Waals surface area contributed by atoms with Crippen LogP contribution in [0.1, 0.15) is 59.8 Å². The molecule has 0 radical (unpaired) electrons. The summed E-state index contributed by atoms with van der Waals surface area (Å²) in [7, 11) is -2.81. The van der Waals surface area contributed by atoms with Gasteiger partial charge in [0.2, 0.25) is 0 Å². The molecule has 148 valence electrons. The first-order chi connectivity index (χ1) is 11.2. The van der Waals surface area contributed by atoms with E-state index in [4.69, 9.17) is 4.99 Å². The number of halogens is 1. The highest BCUT2D eigenvalue weighted by Crippen LogP contribution is 2.35. The van der Waals surface area contributed by atoms with Crippen LogP contribution in [0, 0.1) is 17.3 Å². The van der Waals surface area contributed by atoms with Crippen molar-refractivity contribution in [3.8, 4) is 0 Å². The van der Waals surface area contributed by atoms with Gasteiger partial charge in [-0.2, -0.15) is 0 Å². The van der Waals surface area contributed by atoms with Gasteiger partial charge in [-0.15, -0.1) is 24.0 Å². The lowest BCUT2D eigenvalue weighted by Gasteiger charge is -2.36. The molecule has 2 N–H and O–H groups in total. The molecule has 2 atom stereocenters. The zero-order valence-electron chi connectivity index (χ0n) is 16.2. The van der Waals surface area contributed by atoms with Crippen molar-refractivity contribution >= 4 is 39.8 Å². The summed E-state index contributed by atoms with van der Waals surface area (Å²) in [6, 6.07) is 0.458. The first-order valence-electron chi connectivity index (χ1n) is 9.40. The summed E-state index contributed by atoms with van der Waals surface area (Å²) in [6.07, 6.45) is 5.65. The number of hydrogen-bond acceptors (Lipinski definition) is 3. The third-order valence-corrected chi connectivity index (χ3v) is 6.88. The minimum atomic E-state index is -2.81. The molecule has 7 heteroatoms. The Balaban J connectivity index is 0.00000312. The SMILES string of the molecule is CC(C)CN=C(NCC1CCS(=O)(=O)C1)NC1CCCC(C)(C)C1.I. The second-order valence-electron chi connectivity index (χ2n) is 8.83. The van der Waals surface area contributed by atoms with E-state index in [9.17, 15) is 8.42 Å². The van der Waals surface area contributed by atoms with Gasteiger partial charge in [0.25, 0.3) is 0 Å². The van der Waals surface area contributed by atoms with Crippen molar-refractivity contribution < 1.29 is 8.42 Å². The van der Waals surface area contributed by atoms with Gasteiger partial charge in [-0.05, 0) is 42.9 Å². The van der Waals surface area contributed by atoms with Crippen LogP contribution in [0.25, 0.3) is 0 Å². The topological polar surface area (TPSA) is 70.6 Å². The molecule has 0 bridgehead atoms. The normalized spacial score (nSPS) is 28.4. The van der Waals surface area contributed by atoms with Gasteiger partial charge in [0.05, 0.1) is 11.5 Å². The molecule has 2 rings (SSSR count). The second-order valence-corrected chi connectivity index (χ2v) is 11.1. The zero-order valence-corrected chi connectivity index (χ0v) is 19.3. The predicted molar refractivity (Wildman–Crippen MR) is 116 cm³/mol. The Labute approximate surface area is 171 Å². The summed E-state index contributed by atoms with van der Waals surface area (Å²) >= 11 is 0. The van der Waals surface area contributed by atoms with E-state index in [2.05, 4.69) is 38.3 Å². The molecule has 1 saturated heterocycles. The molecule has 0 amide bonds. The highest BCUT2D eigenvalue weighted by Gasteiger charge is 2.30. The zero-order chi connectivity index (χ0) is 17.8. The van der Waals surface area contributed by atoms with E-state index in [0.717, 1.165) is 25.3 Å². The number of aliphatic imine (C=N–C) groups is 1. The molecule has 0 aromatic rings. The molecule has 5 nitrogen and oxygen atoms in total. The van der Waals surface area contributed by atoms with Crippen molar-refractivity contribution in [3.63, 3.8) is 0 Å². The molecule has 2 aliphatic rings. The fraction of sp³-hybridized carbons (Fsp3) is 0.944. The lowest BCUT2D eigenvalue weighted by atomic mass is 9.75. The van der Waals surface area contributed by atoms with E-state index in [-0.39, 0.29) is 29.9 Å². The number of rotatable bonds is 5. The maximum atomic E-state index is 11.6. The van der Waals surface area contributed by atoms with Gasteiger partial charge in [-0.1, -0.05) is 34.1 Å². The Morgan fingerprint density at radius 1 is 1.28 bits per heavy atom. The van der Waals surface area contributed by atoms with Gasteiger partial charge in [0.1, 0.15) is 0 Å². The van der Waals surface area contributed by atoms with Gasteiger partial charge < -0.3 is 10.6 Å². The van der Waals surface area contributed by atoms with E-state index in [1.54, 1.807) is 0 Å². The molecule has 2 fully saturated rings. The summed E-state index contributed by atoms with van der Waals surface area (Å²) in [5.41, 5.74) is 0.388. The Hall–Kier alpha value is -0.0500. The third-order valence-electron chi connectivity index (χ3n) is 5.05. The summed E-state index contributed by atoms with van der Waals surface area (Å²) in [4.78, 5) is 4.71. The molecule has 1 aliphatic heterocycles. The second kappa shape index (κ2) is 9.76. The molecule has 2 unspecified atom stereocenters.